The van der Waals surface area contributed by atoms with Gasteiger partial charge in [0.05, 0.1) is 5.69 Å². The Balaban J connectivity index is 2.14. The third-order valence-electron chi connectivity index (χ3n) is 4.00. The van der Waals surface area contributed by atoms with Crippen molar-refractivity contribution in [2.75, 3.05) is 10.6 Å². The average Bonchev–Trinajstić information content (AvgIpc) is 2.97. The van der Waals surface area contributed by atoms with Crippen molar-refractivity contribution in [2.24, 2.45) is 0 Å². The second kappa shape index (κ2) is 7.46. The Kier molecular flexibility index (Phi) is 5.42. The summed E-state index contributed by atoms with van der Waals surface area (Å²) in [7, 11) is -4.85. The maximum absolute atomic E-state index is 13.2. The van der Waals surface area contributed by atoms with Crippen molar-refractivity contribution in [3.05, 3.63) is 71.2 Å². The van der Waals surface area contributed by atoms with Crippen LogP contribution in [0.2, 0.25) is 5.02 Å². The molecule has 1 atom stereocenters. The highest BCUT2D eigenvalue weighted by molar-refractivity contribution is 7.53. The molecule has 0 aliphatic rings. The van der Waals surface area contributed by atoms with E-state index in [2.05, 4.69) is 6.58 Å². The van der Waals surface area contributed by atoms with Gasteiger partial charge in [-0.05, 0) is 52.7 Å². The predicted octanol–water partition coefficient (Wildman–Crippen LogP) is 4.53. The lowest BCUT2D eigenvalue weighted by molar-refractivity contribution is -0.118. The second-order valence-corrected chi connectivity index (χ2v) is 8.85. The minimum Gasteiger partial charge on any atom is -0.399 e. The number of amides is 1. The minimum absolute atomic E-state index is 0.228. The van der Waals surface area contributed by atoms with Crippen molar-refractivity contribution in [3.63, 3.8) is 0 Å². The summed E-state index contributed by atoms with van der Waals surface area (Å²) in [5.41, 5.74) is 5.07. The minimum atomic E-state index is -4.85. The van der Waals surface area contributed by atoms with E-state index in [1.165, 1.54) is 23.6 Å². The molecule has 3 aromatic rings. The number of fused-ring (bicyclic) bond motifs is 1. The molecule has 0 aliphatic heterocycles. The van der Waals surface area contributed by atoms with E-state index in [4.69, 9.17) is 17.3 Å². The SMILES string of the molecule is C=CN(C(=O)C(c1csc2ccc(Cl)cc12)P(=O)(O)O)c1cccc(N)c1. The van der Waals surface area contributed by atoms with Gasteiger partial charge in [-0.2, -0.15) is 0 Å². The van der Waals surface area contributed by atoms with Gasteiger partial charge in [0.1, 0.15) is 0 Å². The molecule has 9 heteroatoms. The lowest BCUT2D eigenvalue weighted by Crippen LogP contribution is -2.30. The summed E-state index contributed by atoms with van der Waals surface area (Å²) in [5, 5.41) is 2.52. The molecule has 0 aliphatic carbocycles. The lowest BCUT2D eigenvalue weighted by Gasteiger charge is -2.25. The molecule has 1 unspecified atom stereocenters. The molecule has 27 heavy (non-hydrogen) atoms. The Morgan fingerprint density at radius 1 is 1.30 bits per heavy atom. The fourth-order valence-electron chi connectivity index (χ4n) is 2.82. The van der Waals surface area contributed by atoms with E-state index < -0.39 is 19.2 Å². The number of carbonyl (C=O) groups is 1. The number of nitrogens with zero attached hydrogens (tertiary/aromatic N) is 1. The standard InChI is InChI=1S/C18H16ClN2O4PS/c1-2-21(13-5-3-4-12(20)9-13)18(22)17(26(23,24)25)15-10-27-16-7-6-11(19)8-14(15)16/h2-10,17H,1,20H2,(H2,23,24,25). The molecule has 0 bridgehead atoms. The number of rotatable bonds is 5. The smallest absolute Gasteiger partial charge is 0.342 e. The number of hydrogen-bond acceptors (Lipinski definition) is 4. The van der Waals surface area contributed by atoms with Crippen LogP contribution < -0.4 is 10.6 Å². The van der Waals surface area contributed by atoms with Crippen LogP contribution in [-0.2, 0) is 9.36 Å². The number of hydrogen-bond donors (Lipinski definition) is 3. The van der Waals surface area contributed by atoms with E-state index >= 15 is 0 Å². The van der Waals surface area contributed by atoms with Crippen molar-refractivity contribution in [1.29, 1.82) is 0 Å². The summed E-state index contributed by atoms with van der Waals surface area (Å²) in [5.74, 6) is -0.802. The van der Waals surface area contributed by atoms with Gasteiger partial charge in [-0.3, -0.25) is 14.3 Å². The number of halogens is 1. The Hall–Kier alpha value is -2.15. The van der Waals surface area contributed by atoms with E-state index in [-0.39, 0.29) is 5.56 Å². The van der Waals surface area contributed by atoms with Crippen LogP contribution in [0.1, 0.15) is 11.2 Å². The van der Waals surface area contributed by atoms with Crippen LogP contribution in [0, 0.1) is 0 Å². The van der Waals surface area contributed by atoms with Gasteiger partial charge >= 0.3 is 7.60 Å². The molecule has 1 aromatic heterocycles. The van der Waals surface area contributed by atoms with Gasteiger partial charge in [0.2, 0.25) is 0 Å². The highest BCUT2D eigenvalue weighted by atomic mass is 35.5. The molecule has 140 valence electrons. The molecule has 1 amide bonds. The van der Waals surface area contributed by atoms with Crippen molar-refractivity contribution in [1.82, 2.24) is 0 Å². The zero-order valence-electron chi connectivity index (χ0n) is 13.9. The maximum atomic E-state index is 13.2. The number of carbonyl (C=O) groups excluding carboxylic acids is 1. The zero-order chi connectivity index (χ0) is 19.8. The molecule has 6 nitrogen and oxygen atoms in total. The molecule has 0 spiro atoms. The van der Waals surface area contributed by atoms with Crippen molar-refractivity contribution >= 4 is 57.9 Å². The van der Waals surface area contributed by atoms with E-state index in [1.54, 1.807) is 41.8 Å². The molecule has 0 radical (unpaired) electrons. The highest BCUT2D eigenvalue weighted by Gasteiger charge is 2.41. The Morgan fingerprint density at radius 2 is 2.04 bits per heavy atom. The van der Waals surface area contributed by atoms with Crippen molar-refractivity contribution in [2.45, 2.75) is 5.66 Å². The van der Waals surface area contributed by atoms with Gasteiger partial charge in [-0.15, -0.1) is 11.3 Å². The van der Waals surface area contributed by atoms with Gasteiger partial charge in [0.15, 0.2) is 5.66 Å². The summed E-state index contributed by atoms with van der Waals surface area (Å²) in [6, 6.07) is 11.4. The number of anilines is 2. The lowest BCUT2D eigenvalue weighted by atomic mass is 10.1. The van der Waals surface area contributed by atoms with Crippen LogP contribution in [-0.4, -0.2) is 15.7 Å². The van der Waals surface area contributed by atoms with Crippen LogP contribution in [0.25, 0.3) is 10.1 Å². The topological polar surface area (TPSA) is 104 Å². The van der Waals surface area contributed by atoms with Gasteiger partial charge in [0.25, 0.3) is 5.91 Å². The Labute approximate surface area is 164 Å². The molecule has 4 N–H and O–H groups in total. The summed E-state index contributed by atoms with van der Waals surface area (Å²) in [6.45, 7) is 3.60. The zero-order valence-corrected chi connectivity index (χ0v) is 16.4. The van der Waals surface area contributed by atoms with Gasteiger partial charge in [0, 0.05) is 21.6 Å². The summed E-state index contributed by atoms with van der Waals surface area (Å²) >= 11 is 7.32. The van der Waals surface area contributed by atoms with E-state index in [0.29, 0.717) is 21.8 Å². The second-order valence-electron chi connectivity index (χ2n) is 5.81. The number of thiophene rings is 1. The molecular formula is C18H16ClN2O4PS. The first kappa shape index (κ1) is 19.6. The van der Waals surface area contributed by atoms with Crippen molar-refractivity contribution < 1.29 is 19.1 Å². The highest BCUT2D eigenvalue weighted by Crippen LogP contribution is 2.55. The first-order valence-electron chi connectivity index (χ1n) is 7.75. The molecule has 2 aromatic carbocycles. The molecule has 0 saturated heterocycles. The molecular weight excluding hydrogens is 407 g/mol. The molecule has 3 rings (SSSR count). The van der Waals surface area contributed by atoms with Crippen LogP contribution in [0.15, 0.2) is 60.6 Å². The number of nitrogen functional groups attached to an aromatic ring is 1. The maximum Gasteiger partial charge on any atom is 0.342 e. The Bertz CT molecular complexity index is 1080. The Morgan fingerprint density at radius 3 is 2.67 bits per heavy atom. The van der Waals surface area contributed by atoms with E-state index in [1.807, 2.05) is 0 Å². The van der Waals surface area contributed by atoms with Gasteiger partial charge in [-0.25, -0.2) is 0 Å². The number of benzene rings is 2. The largest absolute Gasteiger partial charge is 0.399 e. The fraction of sp³-hybridized carbons (Fsp3) is 0.0556. The molecule has 1 heterocycles. The fourth-order valence-corrected chi connectivity index (χ4v) is 5.05. The van der Waals surface area contributed by atoms with Gasteiger partial charge < -0.3 is 15.5 Å². The third kappa shape index (κ3) is 3.93. The van der Waals surface area contributed by atoms with Crippen LogP contribution >= 0.6 is 30.5 Å². The van der Waals surface area contributed by atoms with Crippen LogP contribution in [0.5, 0.6) is 0 Å². The number of nitrogens with two attached hydrogens (primary N) is 1. The van der Waals surface area contributed by atoms with E-state index in [0.717, 1.165) is 9.60 Å². The molecule has 0 fully saturated rings. The van der Waals surface area contributed by atoms with Crippen LogP contribution in [0.3, 0.4) is 0 Å². The first-order valence-corrected chi connectivity index (χ1v) is 10.7. The average molecular weight is 423 g/mol. The summed E-state index contributed by atoms with van der Waals surface area (Å²) < 4.78 is 13.1. The van der Waals surface area contributed by atoms with Crippen molar-refractivity contribution in [3.8, 4) is 0 Å². The summed E-state index contributed by atoms with van der Waals surface area (Å²) in [6.07, 6.45) is 1.21. The third-order valence-corrected chi connectivity index (χ3v) is 6.39. The molecule has 0 saturated carbocycles. The predicted molar refractivity (Wildman–Crippen MR) is 110 cm³/mol. The monoisotopic (exact) mass is 422 g/mol. The quantitative estimate of drug-likeness (QED) is 0.414. The summed E-state index contributed by atoms with van der Waals surface area (Å²) in [4.78, 5) is 34.2. The van der Waals surface area contributed by atoms with Gasteiger partial charge in [-0.1, -0.05) is 24.2 Å². The van der Waals surface area contributed by atoms with Crippen LogP contribution in [0.4, 0.5) is 11.4 Å². The first-order chi connectivity index (χ1) is 12.7. The normalized spacial score (nSPS) is 12.7. The van der Waals surface area contributed by atoms with E-state index in [9.17, 15) is 19.1 Å².